The molecule has 1 aromatic rings. The van der Waals surface area contributed by atoms with Crippen molar-refractivity contribution in [3.8, 4) is 0 Å². The van der Waals surface area contributed by atoms with E-state index in [-0.39, 0.29) is 56.9 Å². The van der Waals surface area contributed by atoms with Crippen LogP contribution in [-0.4, -0.2) is 21.4 Å². The van der Waals surface area contributed by atoms with Gasteiger partial charge in [-0.2, -0.15) is 0 Å². The van der Waals surface area contributed by atoms with E-state index in [1.165, 1.54) is 0 Å². The summed E-state index contributed by atoms with van der Waals surface area (Å²) in [5, 5.41) is 8.89. The van der Waals surface area contributed by atoms with Gasteiger partial charge >= 0.3 is 51.4 Å². The van der Waals surface area contributed by atoms with Crippen molar-refractivity contribution in [1.29, 1.82) is 0 Å². The number of carboxylic acid groups (broad SMARTS) is 1. The molecule has 0 saturated heterocycles. The van der Waals surface area contributed by atoms with E-state index in [9.17, 15) is 0 Å². The van der Waals surface area contributed by atoms with E-state index in [0.717, 1.165) is 6.92 Å². The van der Waals surface area contributed by atoms with Gasteiger partial charge in [-0.1, -0.05) is 0 Å². The third kappa shape index (κ3) is 22.5. The number of carbonyl (C=O) groups excluding carboxylic acids is 1. The molecular formula is C6H9KN2O3. The van der Waals surface area contributed by atoms with Crippen molar-refractivity contribution in [2.45, 2.75) is 6.92 Å². The van der Waals surface area contributed by atoms with E-state index < -0.39 is 5.97 Å². The molecule has 0 aliphatic carbocycles. The minimum atomic E-state index is -1.08. The van der Waals surface area contributed by atoms with Crippen molar-refractivity contribution in [1.82, 2.24) is 9.97 Å². The minimum absolute atomic E-state index is 0. The quantitative estimate of drug-likeness (QED) is 0.390. The largest absolute Gasteiger partial charge is 1.00 e. The number of carbonyl (C=O) groups is 1. The second-order valence-corrected chi connectivity index (χ2v) is 1.39. The Morgan fingerprint density at radius 1 is 1.17 bits per heavy atom. The van der Waals surface area contributed by atoms with Gasteiger partial charge in [0.15, 0.2) is 0 Å². The van der Waals surface area contributed by atoms with Crippen molar-refractivity contribution >= 4 is 5.97 Å². The Hall–Kier alpha value is 0.146. The van der Waals surface area contributed by atoms with Gasteiger partial charge in [0.25, 0.3) is 0 Å². The summed E-state index contributed by atoms with van der Waals surface area (Å²) in [7, 11) is 0. The predicted octanol–water partition coefficient (Wildman–Crippen LogP) is -4.59. The van der Waals surface area contributed by atoms with Gasteiger partial charge in [-0.25, -0.2) is 0 Å². The van der Waals surface area contributed by atoms with Crippen molar-refractivity contribution in [2.75, 3.05) is 0 Å². The first kappa shape index (κ1) is 18.0. The average molecular weight is 196 g/mol. The number of rotatable bonds is 0. The van der Waals surface area contributed by atoms with Crippen LogP contribution in [0.2, 0.25) is 0 Å². The fourth-order valence-corrected chi connectivity index (χ4v) is 0.253. The van der Waals surface area contributed by atoms with Crippen LogP contribution >= 0.6 is 0 Å². The zero-order chi connectivity index (χ0) is 7.82. The maximum absolute atomic E-state index is 8.89. The van der Waals surface area contributed by atoms with Crippen LogP contribution in [0.3, 0.4) is 0 Å². The molecule has 0 amide bonds. The second kappa shape index (κ2) is 13.7. The zero-order valence-corrected chi connectivity index (χ0v) is 10.1. The van der Waals surface area contributed by atoms with E-state index in [1.807, 2.05) is 0 Å². The molecule has 0 aliphatic heterocycles. The molecule has 0 unspecified atom stereocenters. The number of carboxylic acids is 1. The summed E-state index contributed by atoms with van der Waals surface area (Å²) < 4.78 is 0. The molecule has 2 N–H and O–H groups in total. The summed E-state index contributed by atoms with van der Waals surface area (Å²) >= 11 is 0. The standard InChI is InChI=1S/C4H4N2.C2H4O2.K.H2O/c1-2-6-4-3-5-1;1-2(3)4;;/h1-4H;1H3,(H,3,4);;1H2/q;;+1;/p-1. The molecular weight excluding hydrogens is 187 g/mol. The van der Waals surface area contributed by atoms with E-state index >= 15 is 0 Å². The number of aliphatic carboxylic acids is 1. The summed E-state index contributed by atoms with van der Waals surface area (Å²) in [6.45, 7) is 0.972. The maximum Gasteiger partial charge on any atom is 1.00 e. The van der Waals surface area contributed by atoms with Crippen molar-refractivity contribution in [3.63, 3.8) is 0 Å². The molecule has 0 spiro atoms. The number of nitrogens with zero attached hydrogens (tertiary/aromatic N) is 2. The molecule has 6 heteroatoms. The molecule has 0 aliphatic rings. The fraction of sp³-hybridized carbons (Fsp3) is 0.167. The second-order valence-electron chi connectivity index (χ2n) is 1.39. The van der Waals surface area contributed by atoms with Crippen LogP contribution in [0.5, 0.6) is 0 Å². The van der Waals surface area contributed by atoms with Gasteiger partial charge in [0.05, 0.1) is 0 Å². The normalized spacial score (nSPS) is 6.08. The summed E-state index contributed by atoms with van der Waals surface area (Å²) in [6, 6.07) is 0. The fourth-order valence-electron chi connectivity index (χ4n) is 0.253. The first-order valence-electron chi connectivity index (χ1n) is 2.61. The van der Waals surface area contributed by atoms with Crippen LogP contribution in [0.1, 0.15) is 6.92 Å². The summed E-state index contributed by atoms with van der Waals surface area (Å²) in [4.78, 5) is 16.3. The van der Waals surface area contributed by atoms with Crippen molar-refractivity contribution < 1.29 is 66.8 Å². The Morgan fingerprint density at radius 2 is 1.33 bits per heavy atom. The van der Waals surface area contributed by atoms with Crippen LogP contribution in [0.4, 0.5) is 0 Å². The SMILES string of the molecule is CC(=O)[O-].O.[K+].c1cnccn1. The van der Waals surface area contributed by atoms with Gasteiger partial charge in [-0.05, 0) is 6.92 Å². The van der Waals surface area contributed by atoms with Crippen molar-refractivity contribution in [2.24, 2.45) is 0 Å². The molecule has 0 aromatic carbocycles. The van der Waals surface area contributed by atoms with Crippen molar-refractivity contribution in [3.05, 3.63) is 24.8 Å². The van der Waals surface area contributed by atoms with E-state index in [4.69, 9.17) is 9.90 Å². The minimum Gasteiger partial charge on any atom is -0.550 e. The average Bonchev–Trinajstić information content (AvgIpc) is 1.90. The third-order valence-corrected chi connectivity index (χ3v) is 0.478. The first-order valence-corrected chi connectivity index (χ1v) is 2.61. The maximum atomic E-state index is 8.89. The number of hydrogen-bond donors (Lipinski definition) is 0. The molecule has 12 heavy (non-hydrogen) atoms. The first-order chi connectivity index (χ1) is 4.73. The van der Waals surface area contributed by atoms with E-state index in [1.54, 1.807) is 24.8 Å². The summed E-state index contributed by atoms with van der Waals surface area (Å²) in [6.07, 6.45) is 6.56. The Kier molecular flexibility index (Phi) is 20.6. The molecule has 1 heterocycles. The van der Waals surface area contributed by atoms with Gasteiger partial charge in [0.2, 0.25) is 0 Å². The predicted molar refractivity (Wildman–Crippen MR) is 36.3 cm³/mol. The molecule has 62 valence electrons. The molecule has 0 bridgehead atoms. The smallest absolute Gasteiger partial charge is 0.550 e. The van der Waals surface area contributed by atoms with Crippen LogP contribution in [0, 0.1) is 0 Å². The molecule has 0 atom stereocenters. The van der Waals surface area contributed by atoms with Crippen LogP contribution in [0.25, 0.3) is 0 Å². The van der Waals surface area contributed by atoms with E-state index in [2.05, 4.69) is 9.97 Å². The Balaban J connectivity index is -0.000000124. The zero-order valence-electron chi connectivity index (χ0n) is 7.02. The van der Waals surface area contributed by atoms with Gasteiger partial charge < -0.3 is 15.4 Å². The Morgan fingerprint density at radius 3 is 1.42 bits per heavy atom. The van der Waals surface area contributed by atoms with Crippen LogP contribution < -0.4 is 56.5 Å². The van der Waals surface area contributed by atoms with Gasteiger partial charge in [-0.15, -0.1) is 0 Å². The van der Waals surface area contributed by atoms with Crippen LogP contribution in [0.15, 0.2) is 24.8 Å². The Bertz CT molecular complexity index is 153. The third-order valence-electron chi connectivity index (χ3n) is 0.478. The Labute approximate surface area is 113 Å². The summed E-state index contributed by atoms with van der Waals surface area (Å²) in [5.74, 6) is -1.08. The van der Waals surface area contributed by atoms with Gasteiger partial charge in [-0.3, -0.25) is 9.97 Å². The molecule has 5 nitrogen and oxygen atoms in total. The number of hydrogen-bond acceptors (Lipinski definition) is 4. The van der Waals surface area contributed by atoms with Gasteiger partial charge in [0.1, 0.15) is 0 Å². The summed E-state index contributed by atoms with van der Waals surface area (Å²) in [5.41, 5.74) is 0. The van der Waals surface area contributed by atoms with Crippen LogP contribution in [-0.2, 0) is 4.79 Å². The topological polar surface area (TPSA) is 97.4 Å². The molecule has 0 fully saturated rings. The molecule has 1 aromatic heterocycles. The van der Waals surface area contributed by atoms with Gasteiger partial charge in [0, 0.05) is 30.8 Å². The monoisotopic (exact) mass is 196 g/mol. The molecule has 0 radical (unpaired) electrons. The molecule has 1 rings (SSSR count). The molecule has 0 saturated carbocycles. The van der Waals surface area contributed by atoms with E-state index in [0.29, 0.717) is 0 Å². The number of aromatic nitrogens is 2.